The Bertz CT molecular complexity index is 811. The minimum absolute atomic E-state index is 0. The van der Waals surface area contributed by atoms with Crippen molar-refractivity contribution >= 4 is 29.9 Å². The molecule has 1 fully saturated rings. The Hall–Kier alpha value is -2.07. The maximum atomic E-state index is 5.53. The molecule has 1 aliphatic heterocycles. The molecule has 8 heteroatoms. The van der Waals surface area contributed by atoms with Gasteiger partial charge in [0.1, 0.15) is 11.5 Å². The minimum Gasteiger partial charge on any atom is -0.497 e. The zero-order valence-electron chi connectivity index (χ0n) is 18.7. The summed E-state index contributed by atoms with van der Waals surface area (Å²) in [5.74, 6) is 2.77. The van der Waals surface area contributed by atoms with Gasteiger partial charge in [-0.05, 0) is 43.2 Å². The number of hydrogen-bond donors (Lipinski definition) is 1. The fourth-order valence-corrected chi connectivity index (χ4v) is 3.63. The maximum absolute atomic E-state index is 5.53. The Labute approximate surface area is 202 Å². The molecule has 0 bridgehead atoms. The van der Waals surface area contributed by atoms with Gasteiger partial charge in [0.2, 0.25) is 0 Å². The van der Waals surface area contributed by atoms with Crippen molar-refractivity contribution in [2.75, 3.05) is 53.5 Å². The first-order valence-corrected chi connectivity index (χ1v) is 10.6. The summed E-state index contributed by atoms with van der Waals surface area (Å²) in [6, 6.07) is 10.0. The van der Waals surface area contributed by atoms with Gasteiger partial charge in [0.05, 0.1) is 14.2 Å². The average Bonchev–Trinajstić information content (AvgIpc) is 2.80. The number of aromatic nitrogens is 1. The molecule has 0 saturated carbocycles. The van der Waals surface area contributed by atoms with Crippen LogP contribution < -0.4 is 14.8 Å². The quantitative estimate of drug-likeness (QED) is 0.316. The van der Waals surface area contributed by atoms with E-state index in [0.717, 1.165) is 75.3 Å². The zero-order chi connectivity index (χ0) is 21.2. The lowest BCUT2D eigenvalue weighted by Crippen LogP contribution is -2.52. The van der Waals surface area contributed by atoms with Gasteiger partial charge in [-0.2, -0.15) is 0 Å². The second-order valence-corrected chi connectivity index (χ2v) is 7.29. The summed E-state index contributed by atoms with van der Waals surface area (Å²) in [4.78, 5) is 13.8. The molecule has 1 aromatic heterocycles. The normalized spacial score (nSPS) is 14.7. The lowest BCUT2D eigenvalue weighted by Gasteiger charge is -2.36. The van der Waals surface area contributed by atoms with Crippen LogP contribution in [0.15, 0.2) is 47.7 Å². The third-order valence-electron chi connectivity index (χ3n) is 5.27. The number of guanidine groups is 1. The Morgan fingerprint density at radius 1 is 1.13 bits per heavy atom. The van der Waals surface area contributed by atoms with Crippen LogP contribution in [0.2, 0.25) is 0 Å². The van der Waals surface area contributed by atoms with Gasteiger partial charge in [-0.1, -0.05) is 6.07 Å². The minimum atomic E-state index is 0. The van der Waals surface area contributed by atoms with Crippen molar-refractivity contribution in [2.45, 2.75) is 19.9 Å². The summed E-state index contributed by atoms with van der Waals surface area (Å²) < 4.78 is 10.9. The highest BCUT2D eigenvalue weighted by Gasteiger charge is 2.20. The molecule has 31 heavy (non-hydrogen) atoms. The van der Waals surface area contributed by atoms with Gasteiger partial charge in [0, 0.05) is 63.8 Å². The molecule has 0 aliphatic carbocycles. The molecule has 170 valence electrons. The Morgan fingerprint density at radius 2 is 1.94 bits per heavy atom. The van der Waals surface area contributed by atoms with Gasteiger partial charge < -0.3 is 19.7 Å². The van der Waals surface area contributed by atoms with E-state index in [1.807, 2.05) is 24.4 Å². The van der Waals surface area contributed by atoms with Gasteiger partial charge >= 0.3 is 0 Å². The summed E-state index contributed by atoms with van der Waals surface area (Å²) in [6.45, 7) is 8.45. The fraction of sp³-hybridized carbons (Fsp3) is 0.478. The van der Waals surface area contributed by atoms with Gasteiger partial charge in [-0.25, -0.2) is 0 Å². The van der Waals surface area contributed by atoms with E-state index in [1.165, 1.54) is 5.56 Å². The molecule has 0 radical (unpaired) electrons. The predicted molar refractivity (Wildman–Crippen MR) is 136 cm³/mol. The fourth-order valence-electron chi connectivity index (χ4n) is 3.63. The zero-order valence-corrected chi connectivity index (χ0v) is 21.0. The van der Waals surface area contributed by atoms with Gasteiger partial charge in [0.15, 0.2) is 5.96 Å². The van der Waals surface area contributed by atoms with Crippen molar-refractivity contribution in [1.29, 1.82) is 0 Å². The second-order valence-electron chi connectivity index (χ2n) is 7.29. The predicted octanol–water partition coefficient (Wildman–Crippen LogP) is 3.04. The van der Waals surface area contributed by atoms with Crippen molar-refractivity contribution < 1.29 is 9.47 Å². The first-order chi connectivity index (χ1) is 14.7. The summed E-state index contributed by atoms with van der Waals surface area (Å²) >= 11 is 0. The summed E-state index contributed by atoms with van der Waals surface area (Å²) in [7, 11) is 3.41. The third-order valence-corrected chi connectivity index (χ3v) is 5.27. The maximum Gasteiger partial charge on any atom is 0.194 e. The average molecular weight is 539 g/mol. The molecule has 0 atom stereocenters. The summed E-state index contributed by atoms with van der Waals surface area (Å²) in [5.41, 5.74) is 2.37. The second kappa shape index (κ2) is 13.4. The van der Waals surface area contributed by atoms with E-state index >= 15 is 0 Å². The molecule has 0 unspecified atom stereocenters. The molecule has 1 aliphatic rings. The molecular weight excluding hydrogens is 505 g/mol. The molecule has 7 nitrogen and oxygen atoms in total. The van der Waals surface area contributed by atoms with Gasteiger partial charge in [-0.15, -0.1) is 24.0 Å². The van der Waals surface area contributed by atoms with Crippen LogP contribution in [-0.4, -0.2) is 74.2 Å². The molecule has 0 amide bonds. The number of hydrogen-bond acceptors (Lipinski definition) is 5. The summed E-state index contributed by atoms with van der Waals surface area (Å²) in [6.07, 6.45) is 4.61. The number of methoxy groups -OCH3 is 2. The first-order valence-electron chi connectivity index (χ1n) is 10.6. The Balaban J connectivity index is 0.00000341. The standard InChI is InChI=1S/C23H33N5O2.HI/c1-4-25-23(26-11-9-19-6-5-10-24-17-19)28-14-12-27(13-15-28)18-20-16-21(29-2)7-8-22(20)30-3;/h5-8,10,16-17H,4,9,11-15,18H2,1-3H3,(H,25,26);1H. The first kappa shape index (κ1) is 25.2. The highest BCUT2D eigenvalue weighted by molar-refractivity contribution is 14.0. The van der Waals surface area contributed by atoms with Crippen LogP contribution in [0.25, 0.3) is 0 Å². The van der Waals surface area contributed by atoms with Crippen molar-refractivity contribution in [3.05, 3.63) is 53.9 Å². The molecule has 1 aromatic carbocycles. The van der Waals surface area contributed by atoms with Crippen LogP contribution in [-0.2, 0) is 13.0 Å². The van der Waals surface area contributed by atoms with Crippen molar-refractivity contribution in [2.24, 2.45) is 4.99 Å². The van der Waals surface area contributed by atoms with Gasteiger partial charge in [-0.3, -0.25) is 14.9 Å². The Morgan fingerprint density at radius 3 is 2.58 bits per heavy atom. The highest BCUT2D eigenvalue weighted by atomic mass is 127. The van der Waals surface area contributed by atoms with Crippen LogP contribution in [0.4, 0.5) is 0 Å². The SMILES string of the molecule is CCNC(=NCCc1cccnc1)N1CCN(Cc2cc(OC)ccc2OC)CC1.I. The number of benzene rings is 1. The number of nitrogens with one attached hydrogen (secondary N) is 1. The Kier molecular flexibility index (Phi) is 10.9. The number of ether oxygens (including phenoxy) is 2. The highest BCUT2D eigenvalue weighted by Crippen LogP contribution is 2.25. The number of nitrogens with zero attached hydrogens (tertiary/aromatic N) is 4. The lowest BCUT2D eigenvalue weighted by molar-refractivity contribution is 0.171. The van der Waals surface area contributed by atoms with E-state index in [9.17, 15) is 0 Å². The van der Waals surface area contributed by atoms with Crippen LogP contribution in [0, 0.1) is 0 Å². The lowest BCUT2D eigenvalue weighted by atomic mass is 10.1. The molecule has 2 aromatic rings. The molecule has 1 N–H and O–H groups in total. The van der Waals surface area contributed by atoms with E-state index in [-0.39, 0.29) is 24.0 Å². The van der Waals surface area contributed by atoms with E-state index in [1.54, 1.807) is 20.4 Å². The molecular formula is C23H34IN5O2. The topological polar surface area (TPSA) is 62.2 Å². The number of aliphatic imine (C=N–C) groups is 1. The van der Waals surface area contributed by atoms with Crippen LogP contribution in [0.5, 0.6) is 11.5 Å². The number of piperazine rings is 1. The van der Waals surface area contributed by atoms with Crippen molar-refractivity contribution in [3.8, 4) is 11.5 Å². The van der Waals surface area contributed by atoms with Crippen LogP contribution >= 0.6 is 24.0 Å². The molecule has 3 rings (SSSR count). The largest absolute Gasteiger partial charge is 0.497 e. The number of rotatable bonds is 8. The van der Waals surface area contributed by atoms with E-state index in [0.29, 0.717) is 0 Å². The van der Waals surface area contributed by atoms with E-state index < -0.39 is 0 Å². The molecule has 0 spiro atoms. The third kappa shape index (κ3) is 7.53. The van der Waals surface area contributed by atoms with Crippen LogP contribution in [0.1, 0.15) is 18.1 Å². The smallest absolute Gasteiger partial charge is 0.194 e. The van der Waals surface area contributed by atoms with E-state index in [2.05, 4.69) is 39.2 Å². The number of halogens is 1. The van der Waals surface area contributed by atoms with Gasteiger partial charge in [0.25, 0.3) is 0 Å². The van der Waals surface area contributed by atoms with E-state index in [4.69, 9.17) is 14.5 Å². The van der Waals surface area contributed by atoms with Crippen LogP contribution in [0.3, 0.4) is 0 Å². The van der Waals surface area contributed by atoms with Crippen molar-refractivity contribution in [1.82, 2.24) is 20.1 Å². The van der Waals surface area contributed by atoms with Crippen molar-refractivity contribution in [3.63, 3.8) is 0 Å². The molecule has 1 saturated heterocycles. The summed E-state index contributed by atoms with van der Waals surface area (Å²) in [5, 5.41) is 3.44. The number of pyridine rings is 1. The monoisotopic (exact) mass is 539 g/mol. The molecule has 2 heterocycles.